The standard InChI is InChI=1S/C14H17F2N3/c1-10-13(9-18-19(10)2)8-17-7-11-3-5-12(6-4-11)14(15)16/h3-6,9,14,17H,7-8H2,1-2H3. The van der Waals surface area contributed by atoms with E-state index in [2.05, 4.69) is 10.4 Å². The number of benzene rings is 1. The van der Waals surface area contributed by atoms with Crippen LogP contribution in [0.25, 0.3) is 0 Å². The van der Waals surface area contributed by atoms with Gasteiger partial charge >= 0.3 is 0 Å². The summed E-state index contributed by atoms with van der Waals surface area (Å²) in [5.74, 6) is 0. The molecular weight excluding hydrogens is 248 g/mol. The molecule has 1 heterocycles. The summed E-state index contributed by atoms with van der Waals surface area (Å²) in [5.41, 5.74) is 3.32. The summed E-state index contributed by atoms with van der Waals surface area (Å²) in [7, 11) is 1.90. The van der Waals surface area contributed by atoms with Gasteiger partial charge in [0.15, 0.2) is 0 Å². The van der Waals surface area contributed by atoms with Crippen LogP contribution in [0.1, 0.15) is 28.8 Å². The van der Waals surface area contributed by atoms with Gasteiger partial charge in [-0.2, -0.15) is 5.10 Å². The molecule has 102 valence electrons. The second kappa shape index (κ2) is 5.93. The molecular formula is C14H17F2N3. The Bertz CT molecular complexity index is 532. The van der Waals surface area contributed by atoms with Crippen molar-refractivity contribution in [3.63, 3.8) is 0 Å². The third-order valence-corrected chi connectivity index (χ3v) is 3.21. The minimum Gasteiger partial charge on any atom is -0.308 e. The Kier molecular flexibility index (Phi) is 4.27. The van der Waals surface area contributed by atoms with Gasteiger partial charge in [-0.1, -0.05) is 24.3 Å². The number of aromatic nitrogens is 2. The summed E-state index contributed by atoms with van der Waals surface area (Å²) in [4.78, 5) is 0. The van der Waals surface area contributed by atoms with Crippen LogP contribution in [-0.4, -0.2) is 9.78 Å². The molecule has 0 saturated carbocycles. The van der Waals surface area contributed by atoms with E-state index >= 15 is 0 Å². The molecule has 0 bridgehead atoms. The molecule has 0 atom stereocenters. The minimum atomic E-state index is -2.40. The summed E-state index contributed by atoms with van der Waals surface area (Å²) in [5, 5.41) is 7.45. The number of hydrogen-bond donors (Lipinski definition) is 1. The van der Waals surface area contributed by atoms with E-state index in [0.29, 0.717) is 6.54 Å². The highest BCUT2D eigenvalue weighted by Gasteiger charge is 2.06. The molecule has 0 aliphatic rings. The van der Waals surface area contributed by atoms with Crippen LogP contribution in [0.15, 0.2) is 30.5 Å². The molecule has 0 fully saturated rings. The molecule has 2 rings (SSSR count). The van der Waals surface area contributed by atoms with Crippen LogP contribution in [-0.2, 0) is 20.1 Å². The average Bonchev–Trinajstić information content (AvgIpc) is 2.71. The van der Waals surface area contributed by atoms with Crippen LogP contribution in [0.3, 0.4) is 0 Å². The van der Waals surface area contributed by atoms with Gasteiger partial charge in [0.05, 0.1) is 6.20 Å². The van der Waals surface area contributed by atoms with E-state index in [1.54, 1.807) is 12.1 Å². The van der Waals surface area contributed by atoms with Crippen molar-refractivity contribution in [2.75, 3.05) is 0 Å². The number of rotatable bonds is 5. The highest BCUT2D eigenvalue weighted by Crippen LogP contribution is 2.18. The second-order valence-corrected chi connectivity index (χ2v) is 4.52. The first-order valence-electron chi connectivity index (χ1n) is 6.13. The predicted molar refractivity (Wildman–Crippen MR) is 69.9 cm³/mol. The first-order valence-corrected chi connectivity index (χ1v) is 6.13. The fraction of sp³-hybridized carbons (Fsp3) is 0.357. The molecule has 2 aromatic rings. The zero-order chi connectivity index (χ0) is 13.8. The van der Waals surface area contributed by atoms with Crippen LogP contribution in [0, 0.1) is 6.92 Å². The molecule has 19 heavy (non-hydrogen) atoms. The normalized spacial score (nSPS) is 11.2. The Morgan fingerprint density at radius 3 is 2.42 bits per heavy atom. The van der Waals surface area contributed by atoms with Gasteiger partial charge in [-0.05, 0) is 12.5 Å². The third kappa shape index (κ3) is 3.38. The van der Waals surface area contributed by atoms with Gasteiger partial charge in [-0.3, -0.25) is 4.68 Å². The van der Waals surface area contributed by atoms with E-state index < -0.39 is 6.43 Å². The zero-order valence-electron chi connectivity index (χ0n) is 11.0. The highest BCUT2D eigenvalue weighted by atomic mass is 19.3. The predicted octanol–water partition coefficient (Wildman–Crippen LogP) is 2.96. The van der Waals surface area contributed by atoms with Crippen molar-refractivity contribution in [3.8, 4) is 0 Å². The molecule has 1 aromatic heterocycles. The number of nitrogens with one attached hydrogen (secondary N) is 1. The number of hydrogen-bond acceptors (Lipinski definition) is 2. The molecule has 0 spiro atoms. The Hall–Kier alpha value is -1.75. The lowest BCUT2D eigenvalue weighted by Crippen LogP contribution is -2.13. The van der Waals surface area contributed by atoms with E-state index in [0.717, 1.165) is 23.4 Å². The SMILES string of the molecule is Cc1c(CNCc2ccc(C(F)F)cc2)cnn1C. The zero-order valence-corrected chi connectivity index (χ0v) is 11.0. The summed E-state index contributed by atoms with van der Waals surface area (Å²) < 4.78 is 26.6. The van der Waals surface area contributed by atoms with E-state index in [1.165, 1.54) is 12.1 Å². The smallest absolute Gasteiger partial charge is 0.263 e. The van der Waals surface area contributed by atoms with E-state index in [1.807, 2.05) is 24.9 Å². The van der Waals surface area contributed by atoms with Crippen molar-refractivity contribution in [3.05, 3.63) is 52.8 Å². The number of nitrogens with zero attached hydrogens (tertiary/aromatic N) is 2. The van der Waals surface area contributed by atoms with Gasteiger partial charge < -0.3 is 5.32 Å². The van der Waals surface area contributed by atoms with Crippen LogP contribution in [0.5, 0.6) is 0 Å². The summed E-state index contributed by atoms with van der Waals surface area (Å²) in [6.07, 6.45) is -0.567. The molecule has 1 aromatic carbocycles. The number of alkyl halides is 2. The molecule has 0 aliphatic carbocycles. The number of halogens is 2. The van der Waals surface area contributed by atoms with Gasteiger partial charge in [-0.25, -0.2) is 8.78 Å². The quantitative estimate of drug-likeness (QED) is 0.900. The van der Waals surface area contributed by atoms with Crippen molar-refractivity contribution in [2.24, 2.45) is 7.05 Å². The molecule has 0 aliphatic heterocycles. The van der Waals surface area contributed by atoms with Crippen molar-refractivity contribution < 1.29 is 8.78 Å². The fourth-order valence-electron chi connectivity index (χ4n) is 1.84. The van der Waals surface area contributed by atoms with Gasteiger partial charge in [0.1, 0.15) is 0 Å². The monoisotopic (exact) mass is 265 g/mol. The summed E-state index contributed by atoms with van der Waals surface area (Å²) in [6.45, 7) is 3.38. The van der Waals surface area contributed by atoms with Crippen LogP contribution in [0.4, 0.5) is 8.78 Å². The van der Waals surface area contributed by atoms with Crippen LogP contribution >= 0.6 is 0 Å². The van der Waals surface area contributed by atoms with E-state index in [4.69, 9.17) is 0 Å². The fourth-order valence-corrected chi connectivity index (χ4v) is 1.84. The van der Waals surface area contributed by atoms with E-state index in [9.17, 15) is 8.78 Å². The largest absolute Gasteiger partial charge is 0.308 e. The Labute approximate surface area is 111 Å². The molecule has 0 amide bonds. The van der Waals surface area contributed by atoms with Crippen molar-refractivity contribution in [2.45, 2.75) is 26.4 Å². The van der Waals surface area contributed by atoms with Crippen molar-refractivity contribution >= 4 is 0 Å². The molecule has 0 radical (unpaired) electrons. The lowest BCUT2D eigenvalue weighted by molar-refractivity contribution is 0.151. The molecule has 1 N–H and O–H groups in total. The third-order valence-electron chi connectivity index (χ3n) is 3.21. The lowest BCUT2D eigenvalue weighted by atomic mass is 10.1. The molecule has 0 saturated heterocycles. The summed E-state index contributed by atoms with van der Waals surface area (Å²) in [6, 6.07) is 6.39. The van der Waals surface area contributed by atoms with Gasteiger partial charge in [0.25, 0.3) is 6.43 Å². The van der Waals surface area contributed by atoms with Crippen LogP contribution < -0.4 is 5.32 Å². The Balaban J connectivity index is 1.87. The molecule has 3 nitrogen and oxygen atoms in total. The Morgan fingerprint density at radius 2 is 1.89 bits per heavy atom. The maximum Gasteiger partial charge on any atom is 0.263 e. The highest BCUT2D eigenvalue weighted by molar-refractivity contribution is 5.23. The second-order valence-electron chi connectivity index (χ2n) is 4.52. The van der Waals surface area contributed by atoms with Crippen molar-refractivity contribution in [1.29, 1.82) is 0 Å². The van der Waals surface area contributed by atoms with Crippen molar-refractivity contribution in [1.82, 2.24) is 15.1 Å². The van der Waals surface area contributed by atoms with Gasteiger partial charge in [0, 0.05) is 37.0 Å². The molecule has 0 unspecified atom stereocenters. The maximum atomic E-state index is 12.4. The van der Waals surface area contributed by atoms with Gasteiger partial charge in [-0.15, -0.1) is 0 Å². The maximum absolute atomic E-state index is 12.4. The molecule has 5 heteroatoms. The topological polar surface area (TPSA) is 29.9 Å². The minimum absolute atomic E-state index is 0.0619. The Morgan fingerprint density at radius 1 is 1.21 bits per heavy atom. The average molecular weight is 265 g/mol. The number of aryl methyl sites for hydroxylation is 1. The van der Waals surface area contributed by atoms with Gasteiger partial charge in [0.2, 0.25) is 0 Å². The first-order chi connectivity index (χ1) is 9.08. The first kappa shape index (κ1) is 13.7. The van der Waals surface area contributed by atoms with Crippen LogP contribution in [0.2, 0.25) is 0 Å². The lowest BCUT2D eigenvalue weighted by Gasteiger charge is -2.06. The van der Waals surface area contributed by atoms with E-state index in [-0.39, 0.29) is 5.56 Å². The summed E-state index contributed by atoms with van der Waals surface area (Å²) >= 11 is 0.